The van der Waals surface area contributed by atoms with Gasteiger partial charge in [0.2, 0.25) is 10.0 Å². The van der Waals surface area contributed by atoms with Crippen LogP contribution in [0.1, 0.15) is 53.0 Å². The highest BCUT2D eigenvalue weighted by molar-refractivity contribution is 7.89. The number of carbonyl (C=O) groups excluding carboxylic acids is 1. The molecule has 1 heterocycles. The Labute approximate surface area is 214 Å². The third kappa shape index (κ3) is 5.82. The summed E-state index contributed by atoms with van der Waals surface area (Å²) in [5.74, 6) is 0.230. The maximum Gasteiger partial charge on any atom is 0.337 e. The van der Waals surface area contributed by atoms with Crippen LogP contribution < -0.4 is 10.1 Å². The van der Waals surface area contributed by atoms with Gasteiger partial charge in [-0.05, 0) is 70.6 Å². The van der Waals surface area contributed by atoms with E-state index in [1.165, 1.54) is 0 Å². The Morgan fingerprint density at radius 1 is 1.08 bits per heavy atom. The summed E-state index contributed by atoms with van der Waals surface area (Å²) in [6.45, 7) is 10.5. The van der Waals surface area contributed by atoms with E-state index in [4.69, 9.17) is 4.74 Å². The van der Waals surface area contributed by atoms with Gasteiger partial charge in [-0.25, -0.2) is 23.4 Å². The molecule has 0 aromatic heterocycles. The molecular formula is C28H37N3O4S. The SMILES string of the molecule is CCOC(=O)C1=C(Cc2ccc(-c3ccccc3S(=O)(=O)NC(C)(C)C)cc2)N(CC)NC1C1CC1. The molecule has 2 aromatic carbocycles. The number of nitrogens with zero attached hydrogens (tertiary/aromatic N) is 1. The molecule has 2 aromatic rings. The molecule has 1 aliphatic heterocycles. The highest BCUT2D eigenvalue weighted by atomic mass is 32.2. The van der Waals surface area contributed by atoms with Gasteiger partial charge in [-0.3, -0.25) is 0 Å². The lowest BCUT2D eigenvalue weighted by Crippen LogP contribution is -2.40. The van der Waals surface area contributed by atoms with Gasteiger partial charge in [0.15, 0.2) is 0 Å². The Morgan fingerprint density at radius 2 is 1.75 bits per heavy atom. The maximum atomic E-state index is 13.1. The predicted molar refractivity (Wildman–Crippen MR) is 141 cm³/mol. The fourth-order valence-electron chi connectivity index (χ4n) is 4.73. The maximum absolute atomic E-state index is 13.1. The van der Waals surface area contributed by atoms with Gasteiger partial charge < -0.3 is 9.75 Å². The number of esters is 1. The first kappa shape index (κ1) is 26.4. The van der Waals surface area contributed by atoms with Crippen LogP contribution in [0.5, 0.6) is 0 Å². The zero-order chi connectivity index (χ0) is 26.1. The van der Waals surface area contributed by atoms with Crippen molar-refractivity contribution in [3.63, 3.8) is 0 Å². The van der Waals surface area contributed by atoms with Crippen molar-refractivity contribution in [2.24, 2.45) is 5.92 Å². The number of sulfonamides is 1. The molecule has 0 bridgehead atoms. The summed E-state index contributed by atoms with van der Waals surface area (Å²) < 4.78 is 34.3. The van der Waals surface area contributed by atoms with Crippen LogP contribution in [0.25, 0.3) is 11.1 Å². The Kier molecular flexibility index (Phi) is 7.59. The molecule has 2 N–H and O–H groups in total. The topological polar surface area (TPSA) is 87.7 Å². The zero-order valence-electron chi connectivity index (χ0n) is 21.8. The number of hydrogen-bond donors (Lipinski definition) is 2. The van der Waals surface area contributed by atoms with Gasteiger partial charge in [-0.15, -0.1) is 0 Å². The Balaban J connectivity index is 1.64. The molecule has 1 fully saturated rings. The fourth-order valence-corrected chi connectivity index (χ4v) is 6.37. The number of hydrazine groups is 1. The lowest BCUT2D eigenvalue weighted by molar-refractivity contribution is -0.138. The minimum absolute atomic E-state index is 0.00525. The molecule has 1 aliphatic carbocycles. The monoisotopic (exact) mass is 511 g/mol. The van der Waals surface area contributed by atoms with Crippen molar-refractivity contribution < 1.29 is 17.9 Å². The van der Waals surface area contributed by atoms with Gasteiger partial charge >= 0.3 is 5.97 Å². The van der Waals surface area contributed by atoms with E-state index in [9.17, 15) is 13.2 Å². The first-order valence-electron chi connectivity index (χ1n) is 12.7. The first-order valence-corrected chi connectivity index (χ1v) is 14.2. The van der Waals surface area contributed by atoms with Gasteiger partial charge in [-0.1, -0.05) is 42.5 Å². The van der Waals surface area contributed by atoms with Gasteiger partial charge in [-0.2, -0.15) is 0 Å². The second-order valence-electron chi connectivity index (χ2n) is 10.5. The van der Waals surface area contributed by atoms with Crippen LogP contribution in [0, 0.1) is 5.92 Å². The van der Waals surface area contributed by atoms with Crippen LogP contribution >= 0.6 is 0 Å². The van der Waals surface area contributed by atoms with Crippen LogP contribution in [0.15, 0.2) is 64.7 Å². The molecule has 2 aliphatic rings. The highest BCUT2D eigenvalue weighted by Gasteiger charge is 2.44. The summed E-state index contributed by atoms with van der Waals surface area (Å²) in [6.07, 6.45) is 2.82. The Hall–Kier alpha value is -2.68. The van der Waals surface area contributed by atoms with Crippen molar-refractivity contribution in [1.29, 1.82) is 0 Å². The van der Waals surface area contributed by atoms with Crippen molar-refractivity contribution in [2.45, 2.75) is 70.4 Å². The van der Waals surface area contributed by atoms with Crippen LogP contribution in [0.4, 0.5) is 0 Å². The molecule has 0 spiro atoms. The minimum atomic E-state index is -3.69. The molecule has 1 atom stereocenters. The second-order valence-corrected chi connectivity index (χ2v) is 12.1. The average molecular weight is 512 g/mol. The molecule has 0 saturated heterocycles. The van der Waals surface area contributed by atoms with Crippen molar-refractivity contribution >= 4 is 16.0 Å². The number of rotatable bonds is 9. The molecule has 8 heteroatoms. The number of hydrogen-bond acceptors (Lipinski definition) is 6. The summed E-state index contributed by atoms with van der Waals surface area (Å²) in [5, 5.41) is 2.07. The van der Waals surface area contributed by atoms with Crippen molar-refractivity contribution in [3.05, 3.63) is 65.4 Å². The molecule has 194 valence electrons. The van der Waals surface area contributed by atoms with Crippen molar-refractivity contribution in [1.82, 2.24) is 15.2 Å². The van der Waals surface area contributed by atoms with Crippen LogP contribution in [-0.2, 0) is 26.0 Å². The standard InChI is InChI=1S/C28H37N3O4S/c1-6-31-23(25(27(32)35-7-2)26(29-31)21-16-17-21)18-19-12-14-20(15-13-19)22-10-8-9-11-24(22)36(33,34)30-28(3,4)5/h8-15,21,26,29-30H,6-7,16-18H2,1-5H3. The number of nitrogens with one attached hydrogen (secondary N) is 2. The van der Waals surface area contributed by atoms with Crippen LogP contribution in [0.2, 0.25) is 0 Å². The van der Waals surface area contributed by atoms with E-state index in [1.807, 2.05) is 64.1 Å². The van der Waals surface area contributed by atoms with Gasteiger partial charge in [0.05, 0.1) is 23.1 Å². The van der Waals surface area contributed by atoms with E-state index in [0.29, 0.717) is 24.5 Å². The summed E-state index contributed by atoms with van der Waals surface area (Å²) in [4.78, 5) is 13.2. The lowest BCUT2D eigenvalue weighted by atomic mass is 9.97. The molecule has 36 heavy (non-hydrogen) atoms. The zero-order valence-corrected chi connectivity index (χ0v) is 22.6. The summed E-state index contributed by atoms with van der Waals surface area (Å²) in [7, 11) is -3.69. The third-order valence-corrected chi connectivity index (χ3v) is 8.22. The number of ether oxygens (including phenoxy) is 1. The predicted octanol–water partition coefficient (Wildman–Crippen LogP) is 4.41. The van der Waals surface area contributed by atoms with E-state index in [0.717, 1.165) is 41.8 Å². The van der Waals surface area contributed by atoms with E-state index in [-0.39, 0.29) is 16.9 Å². The van der Waals surface area contributed by atoms with E-state index in [2.05, 4.69) is 22.1 Å². The van der Waals surface area contributed by atoms with E-state index < -0.39 is 15.6 Å². The van der Waals surface area contributed by atoms with Gasteiger partial charge in [0.25, 0.3) is 0 Å². The Bertz CT molecular complexity index is 1240. The molecule has 1 unspecified atom stereocenters. The molecule has 1 saturated carbocycles. The van der Waals surface area contributed by atoms with E-state index >= 15 is 0 Å². The van der Waals surface area contributed by atoms with E-state index in [1.54, 1.807) is 12.1 Å². The Morgan fingerprint density at radius 3 is 2.33 bits per heavy atom. The fraction of sp³-hybridized carbons (Fsp3) is 0.464. The largest absolute Gasteiger partial charge is 0.463 e. The smallest absolute Gasteiger partial charge is 0.337 e. The molecular weight excluding hydrogens is 474 g/mol. The molecule has 7 nitrogen and oxygen atoms in total. The number of likely N-dealkylation sites (N-methyl/N-ethyl adjacent to an activating group) is 1. The summed E-state index contributed by atoms with van der Waals surface area (Å²) >= 11 is 0. The summed E-state index contributed by atoms with van der Waals surface area (Å²) in [6, 6.07) is 14.9. The molecule has 0 radical (unpaired) electrons. The van der Waals surface area contributed by atoms with Crippen LogP contribution in [0.3, 0.4) is 0 Å². The van der Waals surface area contributed by atoms with Crippen molar-refractivity contribution in [2.75, 3.05) is 13.2 Å². The number of carbonyl (C=O) groups is 1. The average Bonchev–Trinajstić information content (AvgIpc) is 3.60. The molecule has 0 amide bonds. The first-order chi connectivity index (χ1) is 17.0. The second kappa shape index (κ2) is 10.4. The van der Waals surface area contributed by atoms with Gasteiger partial charge in [0, 0.05) is 29.8 Å². The third-order valence-electron chi connectivity index (χ3n) is 6.40. The lowest BCUT2D eigenvalue weighted by Gasteiger charge is -2.22. The highest BCUT2D eigenvalue weighted by Crippen LogP contribution is 2.40. The molecule has 4 rings (SSSR count). The van der Waals surface area contributed by atoms with Gasteiger partial charge in [0.1, 0.15) is 0 Å². The summed E-state index contributed by atoms with van der Waals surface area (Å²) in [5.41, 5.74) is 7.16. The van der Waals surface area contributed by atoms with Crippen LogP contribution in [-0.4, -0.2) is 44.1 Å². The number of benzene rings is 2. The number of allylic oxidation sites excluding steroid dienone is 1. The minimum Gasteiger partial charge on any atom is -0.463 e. The van der Waals surface area contributed by atoms with Crippen molar-refractivity contribution in [3.8, 4) is 11.1 Å². The normalized spacial score (nSPS) is 18.6. The quantitative estimate of drug-likeness (QED) is 0.485.